The zero-order chi connectivity index (χ0) is 24.4. The monoisotopic (exact) mass is 480 g/mol. The van der Waals surface area contributed by atoms with Gasteiger partial charge in [0.15, 0.2) is 0 Å². The number of aromatic nitrogens is 1. The third kappa shape index (κ3) is 5.16. The average molecular weight is 481 g/mol. The van der Waals surface area contributed by atoms with E-state index >= 15 is 0 Å². The van der Waals surface area contributed by atoms with Crippen LogP contribution in [0.3, 0.4) is 0 Å². The van der Waals surface area contributed by atoms with E-state index in [1.165, 1.54) is 12.3 Å². The smallest absolute Gasteiger partial charge is 0.320 e. The molecule has 8 nitrogen and oxygen atoms in total. The Morgan fingerprint density at radius 3 is 2.65 bits per heavy atom. The number of halogens is 1. The summed E-state index contributed by atoms with van der Waals surface area (Å²) < 4.78 is 0. The molecule has 1 N–H and O–H groups in total. The zero-order valence-electron chi connectivity index (χ0n) is 19.7. The fourth-order valence-electron chi connectivity index (χ4n) is 4.60. The van der Waals surface area contributed by atoms with Crippen molar-refractivity contribution in [2.75, 3.05) is 38.0 Å². The van der Waals surface area contributed by atoms with E-state index in [2.05, 4.69) is 29.0 Å². The number of amides is 3. The number of hydrogen-bond acceptors (Lipinski definition) is 5. The minimum atomic E-state index is -0.323. The van der Waals surface area contributed by atoms with Crippen molar-refractivity contribution >= 4 is 29.2 Å². The molecule has 0 radical (unpaired) electrons. The Bertz CT molecular complexity index is 1140. The van der Waals surface area contributed by atoms with E-state index in [4.69, 9.17) is 16.9 Å². The summed E-state index contributed by atoms with van der Waals surface area (Å²) >= 11 is 6.40. The quantitative estimate of drug-likeness (QED) is 0.719. The maximum Gasteiger partial charge on any atom is 0.320 e. The Labute approximate surface area is 205 Å². The van der Waals surface area contributed by atoms with E-state index in [-0.39, 0.29) is 23.7 Å². The number of urea groups is 1. The maximum absolute atomic E-state index is 12.8. The molecule has 3 amide bonds. The molecule has 2 aliphatic rings. The van der Waals surface area contributed by atoms with Gasteiger partial charge in [0.2, 0.25) is 0 Å². The van der Waals surface area contributed by atoms with E-state index < -0.39 is 0 Å². The molecule has 1 atom stereocenters. The first-order valence-corrected chi connectivity index (χ1v) is 11.9. The summed E-state index contributed by atoms with van der Waals surface area (Å²) in [5.41, 5.74) is 3.15. The van der Waals surface area contributed by atoms with Gasteiger partial charge in [0.25, 0.3) is 5.91 Å². The summed E-state index contributed by atoms with van der Waals surface area (Å²) in [6, 6.07) is 8.90. The Balaban J connectivity index is 1.42. The molecular weight excluding hydrogens is 452 g/mol. The molecule has 2 aliphatic heterocycles. The SMILES string of the molecule is Cc1c(CN2CCN(C(=O)N3CC(C)C3)C(C)C2)cc(Cl)cc1NC(=O)c1ccnc(C#N)c1. The molecule has 1 aromatic carbocycles. The van der Waals surface area contributed by atoms with E-state index in [1.54, 1.807) is 12.1 Å². The number of nitrogens with zero attached hydrogens (tertiary/aromatic N) is 5. The Hall–Kier alpha value is -3.15. The van der Waals surface area contributed by atoms with Gasteiger partial charge in [0.1, 0.15) is 11.8 Å². The van der Waals surface area contributed by atoms with Crippen molar-refractivity contribution in [3.8, 4) is 6.07 Å². The number of piperazine rings is 1. The minimum absolute atomic E-state index is 0.122. The standard InChI is InChI=1S/C25H29ClN6O2/c1-16-12-31(13-16)25(34)32-7-6-30(14-17(32)2)15-20-8-21(26)10-23(18(20)3)29-24(33)19-4-5-28-22(9-19)11-27/h4-5,8-10,16-17H,6-7,12-15H2,1-3H3,(H,29,33). The molecule has 0 bridgehead atoms. The van der Waals surface area contributed by atoms with Crippen LogP contribution in [0.4, 0.5) is 10.5 Å². The lowest BCUT2D eigenvalue weighted by atomic mass is 10.0. The van der Waals surface area contributed by atoms with E-state index in [0.717, 1.165) is 37.3 Å². The highest BCUT2D eigenvalue weighted by atomic mass is 35.5. The van der Waals surface area contributed by atoms with Crippen LogP contribution in [0.25, 0.3) is 0 Å². The molecule has 1 unspecified atom stereocenters. The lowest BCUT2D eigenvalue weighted by molar-refractivity contribution is 0.0525. The molecule has 3 heterocycles. The first-order chi connectivity index (χ1) is 16.2. The van der Waals surface area contributed by atoms with Gasteiger partial charge in [-0.15, -0.1) is 0 Å². The van der Waals surface area contributed by atoms with Gasteiger partial charge in [-0.1, -0.05) is 18.5 Å². The van der Waals surface area contributed by atoms with Crippen LogP contribution in [0.1, 0.15) is 41.0 Å². The number of hydrogen-bond donors (Lipinski definition) is 1. The molecule has 4 rings (SSSR count). The van der Waals surface area contributed by atoms with Gasteiger partial charge in [-0.3, -0.25) is 9.69 Å². The summed E-state index contributed by atoms with van der Waals surface area (Å²) in [6.07, 6.45) is 1.44. The Morgan fingerprint density at radius 2 is 1.97 bits per heavy atom. The van der Waals surface area contributed by atoms with Crippen molar-refractivity contribution in [1.82, 2.24) is 19.7 Å². The van der Waals surface area contributed by atoms with Gasteiger partial charge in [0, 0.05) is 67.8 Å². The number of carbonyl (C=O) groups is 2. The van der Waals surface area contributed by atoms with Crippen molar-refractivity contribution < 1.29 is 9.59 Å². The van der Waals surface area contributed by atoms with Crippen LogP contribution in [0.5, 0.6) is 0 Å². The molecule has 178 valence electrons. The minimum Gasteiger partial charge on any atom is -0.324 e. The van der Waals surface area contributed by atoms with Crippen molar-refractivity contribution in [1.29, 1.82) is 5.26 Å². The molecular formula is C25H29ClN6O2. The van der Waals surface area contributed by atoms with Gasteiger partial charge in [0.05, 0.1) is 0 Å². The fraction of sp³-hybridized carbons (Fsp3) is 0.440. The van der Waals surface area contributed by atoms with Crippen molar-refractivity contribution in [3.05, 3.63) is 57.9 Å². The molecule has 2 fully saturated rings. The first kappa shape index (κ1) is 24.0. The number of benzene rings is 1. The molecule has 34 heavy (non-hydrogen) atoms. The highest BCUT2D eigenvalue weighted by Crippen LogP contribution is 2.28. The number of carbonyl (C=O) groups excluding carboxylic acids is 2. The highest BCUT2D eigenvalue weighted by molar-refractivity contribution is 6.31. The summed E-state index contributed by atoms with van der Waals surface area (Å²) in [7, 11) is 0. The summed E-state index contributed by atoms with van der Waals surface area (Å²) in [5.74, 6) is 0.268. The maximum atomic E-state index is 12.8. The lowest BCUT2D eigenvalue weighted by Gasteiger charge is -2.46. The highest BCUT2D eigenvalue weighted by Gasteiger charge is 2.35. The number of nitrogens with one attached hydrogen (secondary N) is 1. The van der Waals surface area contributed by atoms with Crippen molar-refractivity contribution in [2.45, 2.75) is 33.4 Å². The second kappa shape index (κ2) is 10.00. The van der Waals surface area contributed by atoms with Crippen LogP contribution in [-0.4, -0.2) is 70.4 Å². The number of nitriles is 1. The van der Waals surface area contributed by atoms with Gasteiger partial charge in [-0.05, 0) is 55.2 Å². The van der Waals surface area contributed by atoms with Crippen LogP contribution < -0.4 is 5.32 Å². The van der Waals surface area contributed by atoms with Crippen LogP contribution in [0, 0.1) is 24.2 Å². The molecule has 2 aromatic rings. The van der Waals surface area contributed by atoms with Gasteiger partial charge in [-0.25, -0.2) is 9.78 Å². The van der Waals surface area contributed by atoms with Gasteiger partial charge < -0.3 is 15.1 Å². The van der Waals surface area contributed by atoms with Gasteiger partial charge in [-0.2, -0.15) is 5.26 Å². The van der Waals surface area contributed by atoms with Crippen molar-refractivity contribution in [3.63, 3.8) is 0 Å². The fourth-order valence-corrected chi connectivity index (χ4v) is 4.84. The second-order valence-electron chi connectivity index (χ2n) is 9.30. The molecule has 0 spiro atoms. The van der Waals surface area contributed by atoms with Crippen LogP contribution >= 0.6 is 11.6 Å². The Morgan fingerprint density at radius 1 is 1.21 bits per heavy atom. The molecule has 1 aromatic heterocycles. The summed E-state index contributed by atoms with van der Waals surface area (Å²) in [6.45, 7) is 10.8. The molecule has 0 saturated carbocycles. The third-order valence-electron chi connectivity index (χ3n) is 6.55. The largest absolute Gasteiger partial charge is 0.324 e. The topological polar surface area (TPSA) is 92.6 Å². The van der Waals surface area contributed by atoms with Crippen LogP contribution in [0.2, 0.25) is 5.02 Å². The van der Waals surface area contributed by atoms with Gasteiger partial charge >= 0.3 is 6.03 Å². The predicted molar refractivity (Wildman–Crippen MR) is 131 cm³/mol. The third-order valence-corrected chi connectivity index (χ3v) is 6.77. The second-order valence-corrected chi connectivity index (χ2v) is 9.74. The van der Waals surface area contributed by atoms with E-state index in [1.807, 2.05) is 28.9 Å². The van der Waals surface area contributed by atoms with Crippen LogP contribution in [0.15, 0.2) is 30.5 Å². The van der Waals surface area contributed by atoms with E-state index in [9.17, 15) is 9.59 Å². The number of anilines is 1. The normalized spacial score (nSPS) is 18.9. The molecule has 0 aliphatic carbocycles. The molecule has 2 saturated heterocycles. The zero-order valence-corrected chi connectivity index (χ0v) is 20.5. The number of pyridine rings is 1. The lowest BCUT2D eigenvalue weighted by Crippen LogP contribution is -2.60. The number of likely N-dealkylation sites (tertiary alicyclic amines) is 1. The predicted octanol–water partition coefficient (Wildman–Crippen LogP) is 3.75. The Kier molecular flexibility index (Phi) is 7.05. The number of rotatable bonds is 4. The summed E-state index contributed by atoms with van der Waals surface area (Å²) in [5, 5.41) is 12.5. The first-order valence-electron chi connectivity index (χ1n) is 11.5. The van der Waals surface area contributed by atoms with Crippen LogP contribution in [-0.2, 0) is 6.54 Å². The van der Waals surface area contributed by atoms with Crippen molar-refractivity contribution in [2.24, 2.45) is 5.92 Å². The molecule has 9 heteroatoms. The average Bonchev–Trinajstić information content (AvgIpc) is 2.79. The van der Waals surface area contributed by atoms with E-state index in [0.29, 0.717) is 35.3 Å². The summed E-state index contributed by atoms with van der Waals surface area (Å²) in [4.78, 5) is 35.6.